The molecule has 6 nitrogen and oxygen atoms in total. The molecule has 0 aromatic carbocycles. The minimum atomic E-state index is -0.945. The van der Waals surface area contributed by atoms with Crippen LogP contribution in [0.1, 0.15) is 12.8 Å². The van der Waals surface area contributed by atoms with E-state index in [1.165, 1.54) is 4.90 Å². The van der Waals surface area contributed by atoms with Gasteiger partial charge in [-0.1, -0.05) is 0 Å². The fraction of sp³-hybridized carbons (Fsp3) is 0.833. The van der Waals surface area contributed by atoms with Gasteiger partial charge in [-0.2, -0.15) is 0 Å². The molecule has 18 heavy (non-hydrogen) atoms. The first-order valence-corrected chi connectivity index (χ1v) is 6.45. The Bertz CT molecular complexity index is 315. The van der Waals surface area contributed by atoms with Crippen LogP contribution >= 0.6 is 0 Å². The number of amides is 1. The molecule has 0 aromatic rings. The van der Waals surface area contributed by atoms with Crippen molar-refractivity contribution < 1.29 is 19.4 Å². The number of carboxylic acids is 1. The second kappa shape index (κ2) is 6.15. The number of carbonyl (C=O) groups excluding carboxylic acids is 1. The van der Waals surface area contributed by atoms with Crippen LogP contribution in [0.3, 0.4) is 0 Å². The highest BCUT2D eigenvalue weighted by Crippen LogP contribution is 2.17. The van der Waals surface area contributed by atoms with Crippen molar-refractivity contribution in [1.82, 2.24) is 9.80 Å². The Morgan fingerprint density at radius 3 is 2.89 bits per heavy atom. The zero-order chi connectivity index (χ0) is 13.0. The molecule has 2 fully saturated rings. The SMILES string of the molecule is O=C(O)CN1CCN(CC[C@@H]2CCOC2)CC1=O. The molecule has 0 bridgehead atoms. The van der Waals surface area contributed by atoms with E-state index in [4.69, 9.17) is 9.84 Å². The largest absolute Gasteiger partial charge is 0.480 e. The second-order valence-corrected chi connectivity index (χ2v) is 5.00. The van der Waals surface area contributed by atoms with Crippen molar-refractivity contribution in [1.29, 1.82) is 0 Å². The molecule has 6 heteroatoms. The maximum Gasteiger partial charge on any atom is 0.323 e. The van der Waals surface area contributed by atoms with E-state index in [-0.39, 0.29) is 12.5 Å². The molecule has 0 unspecified atom stereocenters. The number of ether oxygens (including phenoxy) is 1. The Balaban J connectivity index is 1.70. The van der Waals surface area contributed by atoms with Gasteiger partial charge in [0.2, 0.25) is 5.91 Å². The topological polar surface area (TPSA) is 70.1 Å². The molecule has 2 aliphatic rings. The fourth-order valence-corrected chi connectivity index (χ4v) is 2.45. The van der Waals surface area contributed by atoms with Gasteiger partial charge < -0.3 is 14.7 Å². The summed E-state index contributed by atoms with van der Waals surface area (Å²) in [5.74, 6) is -0.400. The first-order chi connectivity index (χ1) is 8.65. The molecule has 1 atom stereocenters. The Hall–Kier alpha value is -1.14. The van der Waals surface area contributed by atoms with Crippen molar-refractivity contribution in [2.75, 3.05) is 45.9 Å². The van der Waals surface area contributed by atoms with Gasteiger partial charge in [0, 0.05) is 26.3 Å². The van der Waals surface area contributed by atoms with Gasteiger partial charge >= 0.3 is 5.97 Å². The first kappa shape index (κ1) is 13.3. The highest BCUT2D eigenvalue weighted by atomic mass is 16.5. The number of nitrogens with zero attached hydrogens (tertiary/aromatic N) is 2. The smallest absolute Gasteiger partial charge is 0.323 e. The van der Waals surface area contributed by atoms with E-state index in [1.807, 2.05) is 0 Å². The lowest BCUT2D eigenvalue weighted by Crippen LogP contribution is -2.52. The lowest BCUT2D eigenvalue weighted by molar-refractivity contribution is -0.147. The third kappa shape index (κ3) is 3.68. The van der Waals surface area contributed by atoms with Crippen LogP contribution in [0.4, 0.5) is 0 Å². The van der Waals surface area contributed by atoms with Crippen molar-refractivity contribution in [3.8, 4) is 0 Å². The maximum absolute atomic E-state index is 11.7. The molecule has 2 heterocycles. The van der Waals surface area contributed by atoms with Crippen molar-refractivity contribution in [2.24, 2.45) is 5.92 Å². The zero-order valence-electron chi connectivity index (χ0n) is 10.5. The van der Waals surface area contributed by atoms with Crippen LogP contribution in [0.25, 0.3) is 0 Å². The monoisotopic (exact) mass is 256 g/mol. The van der Waals surface area contributed by atoms with E-state index >= 15 is 0 Å². The van der Waals surface area contributed by atoms with Gasteiger partial charge in [-0.15, -0.1) is 0 Å². The van der Waals surface area contributed by atoms with E-state index in [2.05, 4.69) is 4.90 Å². The summed E-state index contributed by atoms with van der Waals surface area (Å²) in [6.07, 6.45) is 2.18. The average molecular weight is 256 g/mol. The summed E-state index contributed by atoms with van der Waals surface area (Å²) in [7, 11) is 0. The molecule has 1 N–H and O–H groups in total. The minimum Gasteiger partial charge on any atom is -0.480 e. The molecule has 0 radical (unpaired) electrons. The molecule has 1 amide bonds. The van der Waals surface area contributed by atoms with Gasteiger partial charge in [-0.05, 0) is 25.3 Å². The molecule has 0 aromatic heterocycles. The van der Waals surface area contributed by atoms with E-state index in [0.29, 0.717) is 19.0 Å². The van der Waals surface area contributed by atoms with Crippen molar-refractivity contribution in [3.05, 3.63) is 0 Å². The highest BCUT2D eigenvalue weighted by Gasteiger charge is 2.26. The van der Waals surface area contributed by atoms with Crippen LogP contribution in [0.2, 0.25) is 0 Å². The van der Waals surface area contributed by atoms with Crippen LogP contribution in [-0.4, -0.2) is 72.7 Å². The number of hydrogen-bond acceptors (Lipinski definition) is 4. The molecular weight excluding hydrogens is 236 g/mol. The molecule has 2 rings (SSSR count). The van der Waals surface area contributed by atoms with Gasteiger partial charge in [0.05, 0.1) is 6.54 Å². The summed E-state index contributed by atoms with van der Waals surface area (Å²) in [5, 5.41) is 8.67. The Kier molecular flexibility index (Phi) is 4.54. The van der Waals surface area contributed by atoms with Crippen molar-refractivity contribution >= 4 is 11.9 Å². The number of rotatable bonds is 5. The maximum atomic E-state index is 11.7. The van der Waals surface area contributed by atoms with Gasteiger partial charge in [-0.25, -0.2) is 0 Å². The average Bonchev–Trinajstić information content (AvgIpc) is 2.82. The van der Waals surface area contributed by atoms with Crippen LogP contribution in [-0.2, 0) is 14.3 Å². The number of aliphatic carboxylic acids is 1. The van der Waals surface area contributed by atoms with Gasteiger partial charge in [0.1, 0.15) is 6.54 Å². The third-order valence-corrected chi connectivity index (χ3v) is 3.60. The normalized spacial score (nSPS) is 25.7. The quantitative estimate of drug-likeness (QED) is 0.727. The molecular formula is C12H20N2O4. The van der Waals surface area contributed by atoms with Gasteiger partial charge in [0.15, 0.2) is 0 Å². The van der Waals surface area contributed by atoms with E-state index < -0.39 is 5.97 Å². The summed E-state index contributed by atoms with van der Waals surface area (Å²) in [6.45, 7) is 4.06. The molecule has 102 valence electrons. The van der Waals surface area contributed by atoms with E-state index in [9.17, 15) is 9.59 Å². The lowest BCUT2D eigenvalue weighted by atomic mass is 10.0. The standard InChI is InChI=1S/C12H20N2O4/c15-11-7-13(3-1-10-2-6-18-9-10)4-5-14(11)8-12(16)17/h10H,1-9H2,(H,16,17)/t10-/m1/s1. The third-order valence-electron chi connectivity index (χ3n) is 3.60. The van der Waals surface area contributed by atoms with Crippen LogP contribution in [0.15, 0.2) is 0 Å². The zero-order valence-corrected chi connectivity index (χ0v) is 10.5. The lowest BCUT2D eigenvalue weighted by Gasteiger charge is -2.33. The van der Waals surface area contributed by atoms with Gasteiger partial charge in [-0.3, -0.25) is 14.5 Å². The molecule has 0 spiro atoms. The number of hydrogen-bond donors (Lipinski definition) is 1. The van der Waals surface area contributed by atoms with E-state index in [1.54, 1.807) is 0 Å². The number of carboxylic acid groups (broad SMARTS) is 1. The number of piperazine rings is 1. The summed E-state index contributed by atoms with van der Waals surface area (Å²) in [6, 6.07) is 0. The predicted molar refractivity (Wildman–Crippen MR) is 64.2 cm³/mol. The van der Waals surface area contributed by atoms with E-state index in [0.717, 1.165) is 39.1 Å². The molecule has 0 saturated carbocycles. The Labute approximate surface area is 106 Å². The summed E-state index contributed by atoms with van der Waals surface area (Å²) >= 11 is 0. The summed E-state index contributed by atoms with van der Waals surface area (Å²) in [4.78, 5) is 25.8. The fourth-order valence-electron chi connectivity index (χ4n) is 2.45. The first-order valence-electron chi connectivity index (χ1n) is 6.45. The summed E-state index contributed by atoms with van der Waals surface area (Å²) in [5.41, 5.74) is 0. The minimum absolute atomic E-state index is 0.0775. The van der Waals surface area contributed by atoms with Crippen LogP contribution < -0.4 is 0 Å². The number of carbonyl (C=O) groups is 2. The van der Waals surface area contributed by atoms with Gasteiger partial charge in [0.25, 0.3) is 0 Å². The highest BCUT2D eigenvalue weighted by molar-refractivity contribution is 5.83. The van der Waals surface area contributed by atoms with Crippen molar-refractivity contribution in [2.45, 2.75) is 12.8 Å². The predicted octanol–water partition coefficient (Wildman–Crippen LogP) is -0.358. The van der Waals surface area contributed by atoms with Crippen LogP contribution in [0.5, 0.6) is 0 Å². The second-order valence-electron chi connectivity index (χ2n) is 5.00. The molecule has 2 saturated heterocycles. The van der Waals surface area contributed by atoms with Crippen molar-refractivity contribution in [3.63, 3.8) is 0 Å². The Morgan fingerprint density at radius 2 is 2.28 bits per heavy atom. The summed E-state index contributed by atoms with van der Waals surface area (Å²) < 4.78 is 5.32. The molecule has 0 aliphatic carbocycles. The Morgan fingerprint density at radius 1 is 1.44 bits per heavy atom. The molecule has 2 aliphatic heterocycles. The van der Waals surface area contributed by atoms with Crippen LogP contribution in [0, 0.1) is 5.92 Å².